The third kappa shape index (κ3) is 4.50. The first-order chi connectivity index (χ1) is 19.9. The van der Waals surface area contributed by atoms with E-state index in [2.05, 4.69) is 82.7 Å². The fourth-order valence-corrected chi connectivity index (χ4v) is 5.72. The summed E-state index contributed by atoms with van der Waals surface area (Å²) in [6.45, 7) is 1.77. The summed E-state index contributed by atoms with van der Waals surface area (Å²) in [6, 6.07) is 42.5. The molecule has 0 radical (unpaired) electrons. The quantitative estimate of drug-likeness (QED) is 0.229. The van der Waals surface area contributed by atoms with Gasteiger partial charge in [-0.05, 0) is 58.1 Å². The lowest BCUT2D eigenvalue weighted by atomic mass is 9.76. The Morgan fingerprint density at radius 2 is 1.22 bits per heavy atom. The number of amides is 1. The molecule has 5 heteroatoms. The van der Waals surface area contributed by atoms with Gasteiger partial charge in [-0.2, -0.15) is 0 Å². The maximum atomic E-state index is 12.1. The van der Waals surface area contributed by atoms with Crippen LogP contribution >= 0.6 is 0 Å². The van der Waals surface area contributed by atoms with Crippen molar-refractivity contribution >= 4 is 16.7 Å². The smallest absolute Gasteiger partial charge is 0.251 e. The molecule has 41 heavy (non-hydrogen) atoms. The molecule has 1 aromatic heterocycles. The molecule has 1 unspecified atom stereocenters. The van der Waals surface area contributed by atoms with Gasteiger partial charge in [-0.25, -0.2) is 4.98 Å². The molecule has 0 aliphatic heterocycles. The number of nitrogens with zero attached hydrogens (tertiary/aromatic N) is 2. The number of aromatic nitrogens is 2. The predicted molar refractivity (Wildman–Crippen MR) is 163 cm³/mol. The predicted octanol–water partition coefficient (Wildman–Crippen LogP) is 6.49. The minimum absolute atomic E-state index is 0.132. The van der Waals surface area contributed by atoms with E-state index >= 15 is 0 Å². The summed E-state index contributed by atoms with van der Waals surface area (Å²) in [5.74, 6) is -0.132. The van der Waals surface area contributed by atoms with Crippen LogP contribution in [-0.4, -0.2) is 27.6 Å². The summed E-state index contributed by atoms with van der Waals surface area (Å²) in [6.07, 6.45) is 3.76. The van der Waals surface area contributed by atoms with Gasteiger partial charge in [-0.15, -0.1) is 0 Å². The molecule has 6 rings (SSSR count). The molecule has 202 valence electrons. The average Bonchev–Trinajstić information content (AvgIpc) is 3.54. The normalized spacial score (nSPS) is 13.0. The van der Waals surface area contributed by atoms with E-state index in [0.717, 1.165) is 27.5 Å². The third-order valence-corrected chi connectivity index (χ3v) is 7.93. The molecule has 2 N–H and O–H groups in total. The van der Waals surface area contributed by atoms with Gasteiger partial charge in [0.1, 0.15) is 11.1 Å². The molecule has 0 aliphatic rings. The van der Waals surface area contributed by atoms with Crippen molar-refractivity contribution in [2.45, 2.75) is 18.1 Å². The van der Waals surface area contributed by atoms with Crippen LogP contribution in [0.2, 0.25) is 0 Å². The van der Waals surface area contributed by atoms with Crippen molar-refractivity contribution in [2.75, 3.05) is 7.05 Å². The van der Waals surface area contributed by atoms with E-state index in [1.807, 2.05) is 61.1 Å². The molecule has 5 aromatic carbocycles. The van der Waals surface area contributed by atoms with Crippen molar-refractivity contribution in [2.24, 2.45) is 0 Å². The summed E-state index contributed by atoms with van der Waals surface area (Å²) in [5, 5.41) is 16.5. The van der Waals surface area contributed by atoms with Crippen LogP contribution in [0.15, 0.2) is 140 Å². The fraction of sp³-hybridized carbons (Fsp3) is 0.111. The number of hydrogen-bond acceptors (Lipinski definition) is 3. The number of hydrogen-bond donors (Lipinski definition) is 2. The second-order valence-electron chi connectivity index (χ2n) is 10.4. The minimum atomic E-state index is -1.37. The molecule has 5 nitrogen and oxygen atoms in total. The lowest BCUT2D eigenvalue weighted by molar-refractivity contribution is 0.0961. The maximum absolute atomic E-state index is 12.1. The Morgan fingerprint density at radius 3 is 1.76 bits per heavy atom. The SMILES string of the molecule is CNC(=O)c1ccc2cc(C(C)(O)c3cn(C(c4ccccc4)(c4ccccc4)c4ccccc4)cn3)ccc2c1. The highest BCUT2D eigenvalue weighted by atomic mass is 16.3. The highest BCUT2D eigenvalue weighted by Gasteiger charge is 2.40. The highest BCUT2D eigenvalue weighted by molar-refractivity contribution is 5.98. The Bertz CT molecular complexity index is 1710. The Kier molecular flexibility index (Phi) is 6.73. The molecule has 0 fully saturated rings. The zero-order chi connectivity index (χ0) is 28.5. The van der Waals surface area contributed by atoms with Gasteiger partial charge in [-0.1, -0.05) is 109 Å². The van der Waals surface area contributed by atoms with E-state index in [1.54, 1.807) is 20.0 Å². The fourth-order valence-electron chi connectivity index (χ4n) is 5.72. The molecular weight excluding hydrogens is 506 g/mol. The number of nitrogens with one attached hydrogen (secondary N) is 1. The molecule has 0 bridgehead atoms. The maximum Gasteiger partial charge on any atom is 0.251 e. The van der Waals surface area contributed by atoms with Crippen LogP contribution in [0.25, 0.3) is 10.8 Å². The molecule has 1 amide bonds. The Labute approximate surface area is 239 Å². The zero-order valence-corrected chi connectivity index (χ0v) is 23.0. The van der Waals surface area contributed by atoms with Gasteiger partial charge >= 0.3 is 0 Å². The van der Waals surface area contributed by atoms with Crippen LogP contribution in [0, 0.1) is 0 Å². The molecule has 0 saturated heterocycles. The van der Waals surface area contributed by atoms with Gasteiger partial charge in [0.2, 0.25) is 0 Å². The molecule has 1 atom stereocenters. The second-order valence-corrected chi connectivity index (χ2v) is 10.4. The molecule has 0 aliphatic carbocycles. The monoisotopic (exact) mass is 537 g/mol. The summed E-state index contributed by atoms with van der Waals surface area (Å²) < 4.78 is 2.10. The number of benzene rings is 5. The highest BCUT2D eigenvalue weighted by Crippen LogP contribution is 2.42. The first-order valence-corrected chi connectivity index (χ1v) is 13.6. The largest absolute Gasteiger partial charge is 0.379 e. The van der Waals surface area contributed by atoms with Gasteiger partial charge in [0.05, 0.1) is 12.0 Å². The summed E-state index contributed by atoms with van der Waals surface area (Å²) >= 11 is 0. The third-order valence-electron chi connectivity index (χ3n) is 7.93. The van der Waals surface area contributed by atoms with Crippen LogP contribution in [0.1, 0.15) is 45.2 Å². The van der Waals surface area contributed by atoms with Crippen molar-refractivity contribution in [3.8, 4) is 0 Å². The van der Waals surface area contributed by atoms with Gasteiger partial charge in [-0.3, -0.25) is 4.79 Å². The summed E-state index contributed by atoms with van der Waals surface area (Å²) in [7, 11) is 1.62. The molecule has 6 aromatic rings. The van der Waals surface area contributed by atoms with Crippen molar-refractivity contribution in [1.82, 2.24) is 14.9 Å². The average molecular weight is 538 g/mol. The minimum Gasteiger partial charge on any atom is -0.379 e. The first kappa shape index (κ1) is 26.2. The Morgan fingerprint density at radius 1 is 0.707 bits per heavy atom. The van der Waals surface area contributed by atoms with Gasteiger partial charge in [0.15, 0.2) is 0 Å². The van der Waals surface area contributed by atoms with Crippen LogP contribution < -0.4 is 5.32 Å². The molecular formula is C36H31N3O2. The summed E-state index contributed by atoms with van der Waals surface area (Å²) in [5.41, 5.74) is 3.01. The van der Waals surface area contributed by atoms with Crippen molar-refractivity contribution in [3.63, 3.8) is 0 Å². The van der Waals surface area contributed by atoms with E-state index in [4.69, 9.17) is 4.98 Å². The Balaban J connectivity index is 1.50. The number of fused-ring (bicyclic) bond motifs is 1. The van der Waals surface area contributed by atoms with E-state index < -0.39 is 11.1 Å². The standard InChI is InChI=1S/C36H31N3O2/c1-35(41,32-21-20-26-22-28(34(40)37-2)19-18-27(26)23-32)33-24-39(25-38-33)36(29-12-6-3-7-13-29,30-14-8-4-9-15-30)31-16-10-5-11-17-31/h3-25,41H,1-2H3,(H,37,40). The first-order valence-electron chi connectivity index (χ1n) is 13.6. The molecule has 0 saturated carbocycles. The van der Waals surface area contributed by atoms with E-state index in [1.165, 1.54) is 0 Å². The second kappa shape index (κ2) is 10.5. The van der Waals surface area contributed by atoms with E-state index in [-0.39, 0.29) is 5.91 Å². The van der Waals surface area contributed by atoms with Gasteiger partial charge in [0.25, 0.3) is 5.91 Å². The van der Waals surface area contributed by atoms with E-state index in [9.17, 15) is 9.90 Å². The zero-order valence-electron chi connectivity index (χ0n) is 23.0. The van der Waals surface area contributed by atoms with Gasteiger partial charge in [0, 0.05) is 18.8 Å². The van der Waals surface area contributed by atoms with Gasteiger partial charge < -0.3 is 15.0 Å². The molecule has 1 heterocycles. The lowest BCUT2D eigenvalue weighted by Gasteiger charge is -2.37. The van der Waals surface area contributed by atoms with E-state index in [0.29, 0.717) is 16.8 Å². The number of carbonyl (C=O) groups is 1. The van der Waals surface area contributed by atoms with Crippen molar-refractivity contribution in [3.05, 3.63) is 173 Å². The van der Waals surface area contributed by atoms with Crippen molar-refractivity contribution < 1.29 is 9.90 Å². The van der Waals surface area contributed by atoms with Crippen LogP contribution in [0.3, 0.4) is 0 Å². The van der Waals surface area contributed by atoms with Crippen molar-refractivity contribution in [1.29, 1.82) is 0 Å². The van der Waals surface area contributed by atoms with Crippen LogP contribution in [0.4, 0.5) is 0 Å². The summed E-state index contributed by atoms with van der Waals surface area (Å²) in [4.78, 5) is 16.9. The molecule has 0 spiro atoms. The Hall–Kier alpha value is -5.00. The van der Waals surface area contributed by atoms with Crippen LogP contribution in [0.5, 0.6) is 0 Å². The van der Waals surface area contributed by atoms with Crippen LogP contribution in [-0.2, 0) is 11.1 Å². The number of carbonyl (C=O) groups excluding carboxylic acids is 1. The number of rotatable bonds is 7. The lowest BCUT2D eigenvalue weighted by Crippen LogP contribution is -2.37. The topological polar surface area (TPSA) is 67.2 Å². The number of imidazole rings is 1. The number of aliphatic hydroxyl groups is 1.